The maximum Gasteiger partial charge on any atom is 0.0419 e. The number of aryl methyl sites for hydroxylation is 1. The molecule has 0 aliphatic carbocycles. The van der Waals surface area contributed by atoms with Gasteiger partial charge >= 0.3 is 0 Å². The van der Waals surface area contributed by atoms with Gasteiger partial charge in [-0.1, -0.05) is 6.42 Å². The average Bonchev–Trinajstić information content (AvgIpc) is 2.74. The zero-order chi connectivity index (χ0) is 11.5. The first-order chi connectivity index (χ1) is 7.74. The second-order valence-electron chi connectivity index (χ2n) is 4.77. The quantitative estimate of drug-likeness (QED) is 0.877. The molecule has 1 aromatic rings. The van der Waals surface area contributed by atoms with E-state index in [1.807, 2.05) is 11.3 Å². The Kier molecular flexibility index (Phi) is 4.00. The number of piperidine rings is 1. The molecule has 0 radical (unpaired) electrons. The molecular weight excluding hydrogens is 216 g/mol. The van der Waals surface area contributed by atoms with Gasteiger partial charge in [0.15, 0.2) is 0 Å². The van der Waals surface area contributed by atoms with Gasteiger partial charge in [0.2, 0.25) is 0 Å². The molecule has 3 heteroatoms. The van der Waals surface area contributed by atoms with Crippen LogP contribution in [-0.4, -0.2) is 24.0 Å². The van der Waals surface area contributed by atoms with Gasteiger partial charge in [0, 0.05) is 23.5 Å². The Morgan fingerprint density at radius 1 is 1.56 bits per heavy atom. The van der Waals surface area contributed by atoms with E-state index in [0.717, 1.165) is 6.54 Å². The van der Waals surface area contributed by atoms with Crippen molar-refractivity contribution in [3.8, 4) is 0 Å². The van der Waals surface area contributed by atoms with Crippen LogP contribution in [0.4, 0.5) is 0 Å². The van der Waals surface area contributed by atoms with Crippen molar-refractivity contribution in [2.24, 2.45) is 5.73 Å². The molecule has 1 aromatic heterocycles. The predicted molar refractivity (Wildman–Crippen MR) is 70.9 cm³/mol. The highest BCUT2D eigenvalue weighted by atomic mass is 32.1. The van der Waals surface area contributed by atoms with Gasteiger partial charge in [-0.3, -0.25) is 4.90 Å². The molecule has 2 unspecified atom stereocenters. The van der Waals surface area contributed by atoms with Crippen LogP contribution < -0.4 is 5.73 Å². The van der Waals surface area contributed by atoms with Gasteiger partial charge in [-0.2, -0.15) is 0 Å². The van der Waals surface area contributed by atoms with Crippen molar-refractivity contribution >= 4 is 11.3 Å². The van der Waals surface area contributed by atoms with E-state index in [1.54, 1.807) is 0 Å². The van der Waals surface area contributed by atoms with Crippen molar-refractivity contribution < 1.29 is 0 Å². The van der Waals surface area contributed by atoms with Crippen LogP contribution >= 0.6 is 11.3 Å². The van der Waals surface area contributed by atoms with Gasteiger partial charge in [0.1, 0.15) is 0 Å². The lowest BCUT2D eigenvalue weighted by Crippen LogP contribution is -2.45. The summed E-state index contributed by atoms with van der Waals surface area (Å²) in [6, 6.07) is 3.34. The Morgan fingerprint density at radius 3 is 3.00 bits per heavy atom. The summed E-state index contributed by atoms with van der Waals surface area (Å²) in [7, 11) is 0. The van der Waals surface area contributed by atoms with Crippen molar-refractivity contribution in [1.29, 1.82) is 0 Å². The van der Waals surface area contributed by atoms with E-state index in [2.05, 4.69) is 30.2 Å². The minimum atomic E-state index is 0.536. The number of nitrogens with two attached hydrogens (primary N) is 1. The Balaban J connectivity index is 2.13. The van der Waals surface area contributed by atoms with E-state index >= 15 is 0 Å². The van der Waals surface area contributed by atoms with Gasteiger partial charge in [-0.25, -0.2) is 0 Å². The van der Waals surface area contributed by atoms with Gasteiger partial charge in [-0.15, -0.1) is 11.3 Å². The van der Waals surface area contributed by atoms with Crippen molar-refractivity contribution in [3.63, 3.8) is 0 Å². The SMILES string of the molecule is Cc1ccsc1C(C)N1CCCCC1CN. The van der Waals surface area contributed by atoms with Crippen molar-refractivity contribution in [2.45, 2.75) is 45.2 Å². The number of hydrogen-bond donors (Lipinski definition) is 1. The molecule has 2 heterocycles. The summed E-state index contributed by atoms with van der Waals surface area (Å²) in [4.78, 5) is 4.11. The fourth-order valence-corrected chi connectivity index (χ4v) is 3.75. The topological polar surface area (TPSA) is 29.3 Å². The van der Waals surface area contributed by atoms with Gasteiger partial charge in [0.25, 0.3) is 0 Å². The maximum atomic E-state index is 5.88. The van der Waals surface area contributed by atoms with E-state index in [9.17, 15) is 0 Å². The second kappa shape index (κ2) is 5.30. The molecule has 1 fully saturated rings. The lowest BCUT2D eigenvalue weighted by Gasteiger charge is -2.39. The number of rotatable bonds is 3. The molecule has 0 bridgehead atoms. The number of likely N-dealkylation sites (tertiary alicyclic amines) is 1. The first kappa shape index (κ1) is 12.1. The minimum Gasteiger partial charge on any atom is -0.329 e. The molecule has 2 nitrogen and oxygen atoms in total. The Bertz CT molecular complexity index is 334. The van der Waals surface area contributed by atoms with Crippen LogP contribution in [0.1, 0.15) is 42.7 Å². The molecule has 16 heavy (non-hydrogen) atoms. The summed E-state index contributed by atoms with van der Waals surface area (Å²) >= 11 is 1.88. The van der Waals surface area contributed by atoms with Gasteiger partial charge in [-0.05, 0) is 50.2 Å². The van der Waals surface area contributed by atoms with Gasteiger partial charge < -0.3 is 5.73 Å². The largest absolute Gasteiger partial charge is 0.329 e. The third-order valence-corrected chi connectivity index (χ3v) is 4.91. The Labute approximate surface area is 102 Å². The maximum absolute atomic E-state index is 5.88. The zero-order valence-electron chi connectivity index (χ0n) is 10.3. The molecule has 0 aromatic carbocycles. The monoisotopic (exact) mass is 238 g/mol. The smallest absolute Gasteiger partial charge is 0.0419 e. The molecular formula is C13H22N2S. The molecule has 0 saturated carbocycles. The molecule has 0 spiro atoms. The number of hydrogen-bond acceptors (Lipinski definition) is 3. The second-order valence-corrected chi connectivity index (χ2v) is 5.71. The van der Waals surface area contributed by atoms with Gasteiger partial charge in [0.05, 0.1) is 0 Å². The highest BCUT2D eigenvalue weighted by Crippen LogP contribution is 2.32. The van der Waals surface area contributed by atoms with Crippen LogP contribution in [0.5, 0.6) is 0 Å². The van der Waals surface area contributed by atoms with E-state index in [1.165, 1.54) is 36.2 Å². The van der Waals surface area contributed by atoms with E-state index < -0.39 is 0 Å². The summed E-state index contributed by atoms with van der Waals surface area (Å²) in [5, 5.41) is 2.20. The first-order valence-electron chi connectivity index (χ1n) is 6.24. The van der Waals surface area contributed by atoms with E-state index in [-0.39, 0.29) is 0 Å². The number of thiophene rings is 1. The highest BCUT2D eigenvalue weighted by molar-refractivity contribution is 7.10. The third kappa shape index (κ3) is 2.31. The predicted octanol–water partition coefficient (Wildman–Crippen LogP) is 2.93. The zero-order valence-corrected chi connectivity index (χ0v) is 11.1. The summed E-state index contributed by atoms with van der Waals surface area (Å²) in [5.74, 6) is 0. The summed E-state index contributed by atoms with van der Waals surface area (Å²) in [6.07, 6.45) is 3.94. The molecule has 0 amide bonds. The fourth-order valence-electron chi connectivity index (χ4n) is 2.75. The summed E-state index contributed by atoms with van der Waals surface area (Å²) < 4.78 is 0. The molecule has 2 rings (SSSR count). The fraction of sp³-hybridized carbons (Fsp3) is 0.692. The lowest BCUT2D eigenvalue weighted by molar-refractivity contribution is 0.109. The third-order valence-electron chi connectivity index (χ3n) is 3.72. The standard InChI is InChI=1S/C13H22N2S/c1-10-6-8-16-13(10)11(2)15-7-4-3-5-12(15)9-14/h6,8,11-12H,3-5,7,9,14H2,1-2H3. The van der Waals surface area contributed by atoms with Crippen molar-refractivity contribution in [3.05, 3.63) is 21.9 Å². The molecule has 1 saturated heterocycles. The normalized spacial score (nSPS) is 24.6. The number of nitrogens with zero attached hydrogens (tertiary/aromatic N) is 1. The lowest BCUT2D eigenvalue weighted by atomic mass is 9.99. The molecule has 2 N–H and O–H groups in total. The molecule has 1 aliphatic heterocycles. The Hall–Kier alpha value is -0.380. The van der Waals surface area contributed by atoms with Crippen molar-refractivity contribution in [2.75, 3.05) is 13.1 Å². The molecule has 1 aliphatic rings. The minimum absolute atomic E-state index is 0.536. The first-order valence-corrected chi connectivity index (χ1v) is 7.11. The summed E-state index contributed by atoms with van der Waals surface area (Å²) in [6.45, 7) is 6.55. The van der Waals surface area contributed by atoms with Crippen LogP contribution in [0.3, 0.4) is 0 Å². The molecule has 90 valence electrons. The van der Waals surface area contributed by atoms with E-state index in [0.29, 0.717) is 12.1 Å². The summed E-state index contributed by atoms with van der Waals surface area (Å²) in [5.41, 5.74) is 7.31. The van der Waals surface area contributed by atoms with Crippen LogP contribution in [-0.2, 0) is 0 Å². The van der Waals surface area contributed by atoms with Crippen LogP contribution in [0.15, 0.2) is 11.4 Å². The molecule has 2 atom stereocenters. The average molecular weight is 238 g/mol. The van der Waals surface area contributed by atoms with E-state index in [4.69, 9.17) is 5.73 Å². The Morgan fingerprint density at radius 2 is 2.38 bits per heavy atom. The van der Waals surface area contributed by atoms with Crippen LogP contribution in [0, 0.1) is 6.92 Å². The van der Waals surface area contributed by atoms with Crippen LogP contribution in [0.25, 0.3) is 0 Å². The highest BCUT2D eigenvalue weighted by Gasteiger charge is 2.27. The van der Waals surface area contributed by atoms with Crippen LogP contribution in [0.2, 0.25) is 0 Å². The van der Waals surface area contributed by atoms with Crippen molar-refractivity contribution in [1.82, 2.24) is 4.90 Å².